The number of rotatable bonds is 3. The zero-order valence-electron chi connectivity index (χ0n) is 11.1. The Morgan fingerprint density at radius 1 is 1.25 bits per heavy atom. The molecule has 2 aromatic carbocycles. The lowest BCUT2D eigenvalue weighted by molar-refractivity contribution is -0.147. The summed E-state index contributed by atoms with van der Waals surface area (Å²) in [4.78, 5) is 11.7. The van der Waals surface area contributed by atoms with E-state index in [0.717, 1.165) is 22.8 Å². The Kier molecular flexibility index (Phi) is 3.09. The van der Waals surface area contributed by atoms with E-state index in [1.807, 2.05) is 30.3 Å². The van der Waals surface area contributed by atoms with Gasteiger partial charge in [0.05, 0.1) is 12.5 Å². The Bertz CT molecular complexity index is 689. The summed E-state index contributed by atoms with van der Waals surface area (Å²) in [5, 5.41) is 12.2. The Balaban J connectivity index is 2.25. The largest absolute Gasteiger partial charge is 0.496 e. The lowest BCUT2D eigenvalue weighted by Gasteiger charge is -2.39. The summed E-state index contributed by atoms with van der Waals surface area (Å²) in [5.41, 5.74) is -0.0458. The van der Waals surface area contributed by atoms with Crippen molar-refractivity contribution in [2.75, 3.05) is 7.11 Å². The lowest BCUT2D eigenvalue weighted by atomic mass is 9.64. The molecule has 1 aliphatic carbocycles. The van der Waals surface area contributed by atoms with Crippen LogP contribution in [0.15, 0.2) is 30.3 Å². The van der Waals surface area contributed by atoms with E-state index in [9.17, 15) is 9.90 Å². The van der Waals surface area contributed by atoms with Crippen LogP contribution in [0.3, 0.4) is 0 Å². The van der Waals surface area contributed by atoms with Crippen molar-refractivity contribution >= 4 is 28.3 Å². The van der Waals surface area contributed by atoms with E-state index in [1.54, 1.807) is 7.11 Å². The van der Waals surface area contributed by atoms with Gasteiger partial charge in [-0.1, -0.05) is 24.1 Å². The highest BCUT2D eigenvalue weighted by Gasteiger charge is 2.47. The van der Waals surface area contributed by atoms with Gasteiger partial charge in [-0.25, -0.2) is 0 Å². The first-order valence-corrected chi connectivity index (χ1v) is 6.96. The predicted octanol–water partition coefficient (Wildman–Crippen LogP) is 4.01. The molecule has 1 saturated carbocycles. The van der Waals surface area contributed by atoms with Gasteiger partial charge in [-0.15, -0.1) is 0 Å². The number of fused-ring (bicyclic) bond motifs is 1. The van der Waals surface area contributed by atoms with Crippen LogP contribution >= 0.6 is 11.6 Å². The first-order valence-electron chi connectivity index (χ1n) is 6.58. The molecule has 0 aromatic heterocycles. The Morgan fingerprint density at radius 3 is 2.55 bits per heavy atom. The Hall–Kier alpha value is -1.74. The van der Waals surface area contributed by atoms with Crippen molar-refractivity contribution in [2.24, 2.45) is 0 Å². The van der Waals surface area contributed by atoms with E-state index in [4.69, 9.17) is 16.3 Å². The molecule has 0 spiro atoms. The molecule has 20 heavy (non-hydrogen) atoms. The summed E-state index contributed by atoms with van der Waals surface area (Å²) in [6.45, 7) is 0. The number of methoxy groups -OCH3 is 1. The van der Waals surface area contributed by atoms with Crippen molar-refractivity contribution in [2.45, 2.75) is 24.7 Å². The second-order valence-electron chi connectivity index (χ2n) is 5.28. The third-order valence-electron chi connectivity index (χ3n) is 4.25. The van der Waals surface area contributed by atoms with Crippen LogP contribution < -0.4 is 4.74 Å². The molecule has 0 heterocycles. The SMILES string of the molecule is COc1cc2ccc(Cl)cc2cc1C1(C(=O)O)CCC1. The van der Waals surface area contributed by atoms with Crippen molar-refractivity contribution in [3.8, 4) is 5.75 Å². The number of halogens is 1. The van der Waals surface area contributed by atoms with Gasteiger partial charge < -0.3 is 9.84 Å². The van der Waals surface area contributed by atoms with Gasteiger partial charge in [0.1, 0.15) is 5.75 Å². The van der Waals surface area contributed by atoms with Crippen LogP contribution in [0.5, 0.6) is 5.75 Å². The second kappa shape index (κ2) is 4.67. The summed E-state index contributed by atoms with van der Waals surface area (Å²) in [7, 11) is 1.58. The van der Waals surface area contributed by atoms with Gasteiger partial charge in [-0.05, 0) is 47.9 Å². The van der Waals surface area contributed by atoms with Gasteiger partial charge in [-0.3, -0.25) is 4.79 Å². The third-order valence-corrected chi connectivity index (χ3v) is 4.49. The molecule has 1 fully saturated rings. The molecule has 0 bridgehead atoms. The highest BCUT2D eigenvalue weighted by atomic mass is 35.5. The van der Waals surface area contributed by atoms with E-state index in [-0.39, 0.29) is 0 Å². The summed E-state index contributed by atoms with van der Waals surface area (Å²) >= 11 is 6.02. The molecule has 0 amide bonds. The van der Waals surface area contributed by atoms with E-state index < -0.39 is 11.4 Å². The van der Waals surface area contributed by atoms with Gasteiger partial charge in [0.15, 0.2) is 0 Å². The van der Waals surface area contributed by atoms with Crippen LogP contribution in [0, 0.1) is 0 Å². The van der Waals surface area contributed by atoms with E-state index >= 15 is 0 Å². The lowest BCUT2D eigenvalue weighted by Crippen LogP contribution is -2.42. The Morgan fingerprint density at radius 2 is 2.00 bits per heavy atom. The standard InChI is InChI=1S/C16H15ClO3/c1-20-14-9-10-3-4-12(17)7-11(10)8-13(14)16(15(18)19)5-2-6-16/h3-4,7-9H,2,5-6H2,1H3,(H,18,19). The van der Waals surface area contributed by atoms with Crippen LogP contribution in [0.4, 0.5) is 0 Å². The molecular formula is C16H15ClO3. The molecule has 0 atom stereocenters. The van der Waals surface area contributed by atoms with E-state index in [2.05, 4.69) is 0 Å². The quantitative estimate of drug-likeness (QED) is 0.929. The smallest absolute Gasteiger partial charge is 0.314 e. The number of carboxylic acids is 1. The van der Waals surface area contributed by atoms with Crippen molar-refractivity contribution in [3.63, 3.8) is 0 Å². The Labute approximate surface area is 122 Å². The fraction of sp³-hybridized carbons (Fsp3) is 0.312. The third kappa shape index (κ3) is 1.85. The number of carboxylic acid groups (broad SMARTS) is 1. The van der Waals surface area contributed by atoms with Gasteiger partial charge in [0.25, 0.3) is 0 Å². The zero-order valence-corrected chi connectivity index (χ0v) is 11.9. The number of hydrogen-bond acceptors (Lipinski definition) is 2. The number of ether oxygens (including phenoxy) is 1. The molecule has 2 aromatic rings. The number of benzene rings is 2. The van der Waals surface area contributed by atoms with Crippen molar-refractivity contribution in [1.82, 2.24) is 0 Å². The maximum absolute atomic E-state index is 11.7. The monoisotopic (exact) mass is 290 g/mol. The highest BCUT2D eigenvalue weighted by molar-refractivity contribution is 6.31. The summed E-state index contributed by atoms with van der Waals surface area (Å²) < 4.78 is 5.42. The first kappa shape index (κ1) is 13.3. The number of aliphatic carboxylic acids is 1. The molecule has 4 heteroatoms. The minimum absolute atomic E-state index is 0.641. The van der Waals surface area contributed by atoms with Crippen LogP contribution in [0.1, 0.15) is 24.8 Å². The highest BCUT2D eigenvalue weighted by Crippen LogP contribution is 2.48. The first-order chi connectivity index (χ1) is 9.56. The molecule has 0 radical (unpaired) electrons. The maximum Gasteiger partial charge on any atom is 0.314 e. The summed E-state index contributed by atoms with van der Waals surface area (Å²) in [6.07, 6.45) is 2.25. The average molecular weight is 291 g/mol. The topological polar surface area (TPSA) is 46.5 Å². The number of hydrogen-bond donors (Lipinski definition) is 1. The van der Waals surface area contributed by atoms with E-state index in [1.165, 1.54) is 0 Å². The summed E-state index contributed by atoms with van der Waals surface area (Å²) in [6, 6.07) is 9.39. The van der Waals surface area contributed by atoms with Crippen molar-refractivity contribution in [1.29, 1.82) is 0 Å². The fourth-order valence-corrected chi connectivity index (χ4v) is 3.10. The fourth-order valence-electron chi connectivity index (χ4n) is 2.92. The molecular weight excluding hydrogens is 276 g/mol. The minimum atomic E-state index is -0.804. The molecule has 1 N–H and O–H groups in total. The summed E-state index contributed by atoms with van der Waals surface area (Å²) in [5.74, 6) is -0.134. The predicted molar refractivity (Wildman–Crippen MR) is 78.7 cm³/mol. The van der Waals surface area contributed by atoms with Crippen molar-refractivity contribution < 1.29 is 14.6 Å². The van der Waals surface area contributed by atoms with Gasteiger partial charge >= 0.3 is 5.97 Å². The van der Waals surface area contributed by atoms with Gasteiger partial charge in [0, 0.05) is 10.6 Å². The van der Waals surface area contributed by atoms with Crippen LogP contribution in [0.2, 0.25) is 5.02 Å². The van der Waals surface area contributed by atoms with Gasteiger partial charge in [0.2, 0.25) is 0 Å². The molecule has 0 saturated heterocycles. The zero-order chi connectivity index (χ0) is 14.3. The van der Waals surface area contributed by atoms with Crippen LogP contribution in [0.25, 0.3) is 10.8 Å². The van der Waals surface area contributed by atoms with Crippen LogP contribution in [-0.4, -0.2) is 18.2 Å². The molecule has 0 aliphatic heterocycles. The maximum atomic E-state index is 11.7. The molecule has 1 aliphatic rings. The molecule has 3 rings (SSSR count). The van der Waals surface area contributed by atoms with E-state index in [0.29, 0.717) is 23.6 Å². The van der Waals surface area contributed by atoms with Crippen molar-refractivity contribution in [3.05, 3.63) is 40.9 Å². The molecule has 3 nitrogen and oxygen atoms in total. The molecule has 0 unspecified atom stereocenters. The normalized spacial score (nSPS) is 16.7. The average Bonchev–Trinajstić information content (AvgIpc) is 2.36. The molecule has 104 valence electrons. The minimum Gasteiger partial charge on any atom is -0.496 e. The van der Waals surface area contributed by atoms with Crippen LogP contribution in [-0.2, 0) is 10.2 Å². The van der Waals surface area contributed by atoms with Gasteiger partial charge in [-0.2, -0.15) is 0 Å². The number of carbonyl (C=O) groups is 1. The second-order valence-corrected chi connectivity index (χ2v) is 5.72.